The van der Waals surface area contributed by atoms with E-state index in [0.29, 0.717) is 6.42 Å². The number of nitrogens with one attached hydrogen (secondary N) is 1. The SMILES string of the molecule is CCCCCCCCCCCCCCCC/C=C/CC/C=C/C(O)C(CO)NC(=O)CC(O)CCCCCCCCCCCCCCC. The summed E-state index contributed by atoms with van der Waals surface area (Å²) >= 11 is 0. The lowest BCUT2D eigenvalue weighted by Crippen LogP contribution is -2.45. The molecule has 3 unspecified atom stereocenters. The van der Waals surface area contributed by atoms with E-state index in [1.807, 2.05) is 6.08 Å². The molecule has 3 atom stereocenters. The van der Waals surface area contributed by atoms with Gasteiger partial charge in [0, 0.05) is 0 Å². The zero-order valence-electron chi connectivity index (χ0n) is 32.1. The maximum atomic E-state index is 12.4. The molecule has 0 aliphatic carbocycles. The Labute approximate surface area is 299 Å². The van der Waals surface area contributed by atoms with Gasteiger partial charge in [0.1, 0.15) is 0 Å². The minimum Gasteiger partial charge on any atom is -0.394 e. The molecule has 5 nitrogen and oxygen atoms in total. The lowest BCUT2D eigenvalue weighted by molar-refractivity contribution is -0.124. The van der Waals surface area contributed by atoms with E-state index in [0.717, 1.165) is 32.1 Å². The molecule has 0 fully saturated rings. The summed E-state index contributed by atoms with van der Waals surface area (Å²) in [5, 5.41) is 33.1. The van der Waals surface area contributed by atoms with Crippen LogP contribution in [0.15, 0.2) is 24.3 Å². The summed E-state index contributed by atoms with van der Waals surface area (Å²) in [4.78, 5) is 12.4. The third kappa shape index (κ3) is 34.7. The standard InChI is InChI=1S/C43H83NO4/c1-3-5-7-9-11-13-15-17-18-19-20-21-22-23-25-27-29-31-33-35-37-42(47)41(39-45)44-43(48)38-40(46)36-34-32-30-28-26-24-16-14-12-10-8-6-4-2/h27,29,35,37,40-42,45-47H,3-26,28,30-34,36,38-39H2,1-2H3,(H,44,48)/b29-27+,37-35+. The molecule has 0 aliphatic rings. The van der Waals surface area contributed by atoms with Crippen LogP contribution >= 0.6 is 0 Å². The van der Waals surface area contributed by atoms with Gasteiger partial charge in [-0.05, 0) is 32.1 Å². The van der Waals surface area contributed by atoms with Crippen LogP contribution in [0, 0.1) is 0 Å². The van der Waals surface area contributed by atoms with Crippen molar-refractivity contribution >= 4 is 5.91 Å². The van der Waals surface area contributed by atoms with E-state index in [2.05, 4.69) is 31.3 Å². The fourth-order valence-electron chi connectivity index (χ4n) is 6.47. The van der Waals surface area contributed by atoms with Crippen molar-refractivity contribution in [3.8, 4) is 0 Å². The van der Waals surface area contributed by atoms with E-state index in [1.54, 1.807) is 6.08 Å². The highest BCUT2D eigenvalue weighted by Crippen LogP contribution is 2.15. The monoisotopic (exact) mass is 678 g/mol. The van der Waals surface area contributed by atoms with Crippen molar-refractivity contribution in [1.29, 1.82) is 0 Å². The highest BCUT2D eigenvalue weighted by molar-refractivity contribution is 5.76. The third-order valence-electron chi connectivity index (χ3n) is 9.74. The molecule has 0 aromatic rings. The smallest absolute Gasteiger partial charge is 0.222 e. The first-order valence-electron chi connectivity index (χ1n) is 21.1. The van der Waals surface area contributed by atoms with E-state index < -0.39 is 18.2 Å². The zero-order valence-corrected chi connectivity index (χ0v) is 32.1. The molecular weight excluding hydrogens is 594 g/mol. The Morgan fingerprint density at radius 3 is 1.33 bits per heavy atom. The van der Waals surface area contributed by atoms with Gasteiger partial charge in [0.05, 0.1) is 31.3 Å². The number of unbranched alkanes of at least 4 members (excludes halogenated alkanes) is 27. The van der Waals surface area contributed by atoms with Gasteiger partial charge < -0.3 is 20.6 Å². The number of allylic oxidation sites excluding steroid dienone is 3. The Kier molecular flexibility index (Phi) is 37.7. The highest BCUT2D eigenvalue weighted by Gasteiger charge is 2.20. The van der Waals surface area contributed by atoms with Crippen LogP contribution < -0.4 is 5.32 Å². The summed E-state index contributed by atoms with van der Waals surface area (Å²) in [5.41, 5.74) is 0. The second-order valence-corrected chi connectivity index (χ2v) is 14.6. The van der Waals surface area contributed by atoms with Crippen molar-refractivity contribution in [3.63, 3.8) is 0 Å². The molecule has 1 amide bonds. The molecule has 0 saturated carbocycles. The van der Waals surface area contributed by atoms with E-state index >= 15 is 0 Å². The van der Waals surface area contributed by atoms with Crippen LogP contribution in [0.3, 0.4) is 0 Å². The first kappa shape index (κ1) is 46.8. The number of hydrogen-bond donors (Lipinski definition) is 4. The predicted molar refractivity (Wildman–Crippen MR) is 208 cm³/mol. The number of carbonyl (C=O) groups is 1. The van der Waals surface area contributed by atoms with Crippen LogP contribution in [-0.4, -0.2) is 46.1 Å². The average molecular weight is 678 g/mol. The average Bonchev–Trinajstić information content (AvgIpc) is 3.08. The molecule has 0 heterocycles. The van der Waals surface area contributed by atoms with E-state index in [9.17, 15) is 20.1 Å². The van der Waals surface area contributed by atoms with Crippen molar-refractivity contribution in [1.82, 2.24) is 5.32 Å². The fraction of sp³-hybridized carbons (Fsp3) is 0.884. The lowest BCUT2D eigenvalue weighted by Gasteiger charge is -2.21. The van der Waals surface area contributed by atoms with Crippen LogP contribution in [0.25, 0.3) is 0 Å². The third-order valence-corrected chi connectivity index (χ3v) is 9.74. The number of hydrogen-bond acceptors (Lipinski definition) is 4. The number of aliphatic hydroxyl groups is 3. The molecule has 284 valence electrons. The minimum absolute atomic E-state index is 0.00922. The van der Waals surface area contributed by atoms with Crippen LogP contribution in [0.2, 0.25) is 0 Å². The van der Waals surface area contributed by atoms with Gasteiger partial charge in [-0.3, -0.25) is 4.79 Å². The number of aliphatic hydroxyl groups excluding tert-OH is 3. The molecule has 0 spiro atoms. The maximum Gasteiger partial charge on any atom is 0.222 e. The summed E-state index contributed by atoms with van der Waals surface area (Å²) in [5.74, 6) is -0.324. The van der Waals surface area contributed by atoms with Gasteiger partial charge in [-0.25, -0.2) is 0 Å². The minimum atomic E-state index is -0.948. The van der Waals surface area contributed by atoms with Gasteiger partial charge in [0.25, 0.3) is 0 Å². The molecule has 5 heteroatoms. The molecule has 0 saturated heterocycles. The Morgan fingerprint density at radius 2 is 0.896 bits per heavy atom. The van der Waals surface area contributed by atoms with Crippen molar-refractivity contribution in [2.75, 3.05) is 6.61 Å². The van der Waals surface area contributed by atoms with E-state index in [1.165, 1.54) is 161 Å². The van der Waals surface area contributed by atoms with Crippen molar-refractivity contribution < 1.29 is 20.1 Å². The lowest BCUT2D eigenvalue weighted by atomic mass is 10.0. The normalized spacial score (nSPS) is 13.9. The van der Waals surface area contributed by atoms with Crippen LogP contribution in [0.1, 0.15) is 219 Å². The Bertz CT molecular complexity index is 709. The summed E-state index contributed by atoms with van der Waals surface area (Å²) in [6, 6.07) is -0.756. The van der Waals surface area contributed by atoms with Crippen molar-refractivity contribution in [3.05, 3.63) is 24.3 Å². The fourth-order valence-corrected chi connectivity index (χ4v) is 6.47. The van der Waals surface area contributed by atoms with E-state index in [4.69, 9.17) is 0 Å². The van der Waals surface area contributed by atoms with Gasteiger partial charge >= 0.3 is 0 Å². The predicted octanol–water partition coefficient (Wildman–Crippen LogP) is 11.8. The zero-order chi connectivity index (χ0) is 35.2. The van der Waals surface area contributed by atoms with Crippen molar-refractivity contribution in [2.24, 2.45) is 0 Å². The first-order valence-corrected chi connectivity index (χ1v) is 21.1. The van der Waals surface area contributed by atoms with Gasteiger partial charge in [0.15, 0.2) is 0 Å². The molecule has 0 rings (SSSR count). The number of rotatable bonds is 38. The second kappa shape index (κ2) is 38.6. The van der Waals surface area contributed by atoms with E-state index in [-0.39, 0.29) is 18.9 Å². The Morgan fingerprint density at radius 1 is 0.521 bits per heavy atom. The van der Waals surface area contributed by atoms with Gasteiger partial charge in [-0.15, -0.1) is 0 Å². The second-order valence-electron chi connectivity index (χ2n) is 14.6. The van der Waals surface area contributed by atoms with Gasteiger partial charge in [-0.1, -0.05) is 205 Å². The Hall–Kier alpha value is -1.17. The number of amides is 1. The molecule has 4 N–H and O–H groups in total. The molecule has 0 aromatic carbocycles. The largest absolute Gasteiger partial charge is 0.394 e. The van der Waals surface area contributed by atoms with Crippen LogP contribution in [0.5, 0.6) is 0 Å². The van der Waals surface area contributed by atoms with Gasteiger partial charge in [-0.2, -0.15) is 0 Å². The Balaban J connectivity index is 3.71. The molecule has 0 aliphatic heterocycles. The van der Waals surface area contributed by atoms with Crippen LogP contribution in [0.4, 0.5) is 0 Å². The highest BCUT2D eigenvalue weighted by atomic mass is 16.3. The van der Waals surface area contributed by atoms with Gasteiger partial charge in [0.2, 0.25) is 5.91 Å². The molecule has 0 radical (unpaired) electrons. The summed E-state index contributed by atoms with van der Waals surface area (Å²) in [7, 11) is 0. The maximum absolute atomic E-state index is 12.4. The molecule has 0 aromatic heterocycles. The number of carbonyl (C=O) groups excluding carboxylic acids is 1. The molecular formula is C43H83NO4. The first-order chi connectivity index (χ1) is 23.5. The summed E-state index contributed by atoms with van der Waals surface area (Å²) < 4.78 is 0. The van der Waals surface area contributed by atoms with Crippen molar-refractivity contribution in [2.45, 2.75) is 238 Å². The summed E-state index contributed by atoms with van der Waals surface area (Å²) in [6.07, 6.45) is 46.0. The molecule has 48 heavy (non-hydrogen) atoms. The topological polar surface area (TPSA) is 89.8 Å². The van der Waals surface area contributed by atoms with Crippen LogP contribution in [-0.2, 0) is 4.79 Å². The molecule has 0 bridgehead atoms. The quantitative estimate of drug-likeness (QED) is 0.0387. The summed E-state index contributed by atoms with van der Waals surface area (Å²) in [6.45, 7) is 4.20.